The number of ether oxygens (including phenoxy) is 1. The lowest BCUT2D eigenvalue weighted by Crippen LogP contribution is -1.93. The number of fused-ring (bicyclic) bond motifs is 1. The van der Waals surface area contributed by atoms with Crippen LogP contribution in [-0.4, -0.2) is 5.97 Å². The fourth-order valence-corrected chi connectivity index (χ4v) is 1.74. The van der Waals surface area contributed by atoms with Gasteiger partial charge >= 0.3 is 11.8 Å². The molecule has 2 aromatic rings. The van der Waals surface area contributed by atoms with E-state index in [0.29, 0.717) is 17.1 Å². The molecule has 0 radical (unpaired) electrons. The van der Waals surface area contributed by atoms with Gasteiger partial charge in [0.2, 0.25) is 0 Å². The molecule has 0 saturated carbocycles. The summed E-state index contributed by atoms with van der Waals surface area (Å²) in [6.45, 7) is 5.24. The van der Waals surface area contributed by atoms with Crippen molar-refractivity contribution in [2.75, 3.05) is 0 Å². The van der Waals surface area contributed by atoms with Crippen LogP contribution in [0.2, 0.25) is 0 Å². The highest BCUT2D eigenvalue weighted by atomic mass is 16.6. The molecule has 1 unspecified atom stereocenters. The maximum absolute atomic E-state index is 11.1. The van der Waals surface area contributed by atoms with Gasteiger partial charge in [-0.3, -0.25) is 0 Å². The molecule has 0 fully saturated rings. The van der Waals surface area contributed by atoms with Crippen LogP contribution in [0.5, 0.6) is 0 Å². The third-order valence-corrected chi connectivity index (χ3v) is 2.87. The summed E-state index contributed by atoms with van der Waals surface area (Å²) >= 11 is 0. The van der Waals surface area contributed by atoms with Crippen molar-refractivity contribution < 1.29 is 18.4 Å². The molecule has 0 bridgehead atoms. The second kappa shape index (κ2) is 5.14. The number of rotatable bonds is 0. The second-order valence-corrected chi connectivity index (χ2v) is 4.20. The van der Waals surface area contributed by atoms with Gasteiger partial charge in [-0.15, -0.1) is 0 Å². The quantitative estimate of drug-likeness (QED) is 0.683. The molecule has 1 aliphatic rings. The van der Waals surface area contributed by atoms with Gasteiger partial charge in [-0.25, -0.2) is 9.59 Å². The van der Waals surface area contributed by atoms with Crippen molar-refractivity contribution in [2.24, 2.45) is 0 Å². The van der Waals surface area contributed by atoms with Crippen LogP contribution in [0.4, 0.5) is 0 Å². The summed E-state index contributed by atoms with van der Waals surface area (Å²) in [5, 5.41) is 0. The largest absolute Gasteiger partial charge is 0.518 e. The van der Waals surface area contributed by atoms with E-state index in [-0.39, 0.29) is 12.1 Å². The van der Waals surface area contributed by atoms with Crippen LogP contribution in [0.3, 0.4) is 0 Å². The normalized spacial score (nSPS) is 16.4. The number of carbonyl (C=O) groups excluding carboxylic acids is 1. The molecule has 0 amide bonds. The first-order valence-corrected chi connectivity index (χ1v) is 5.86. The standard InChI is InChI=1S/C9H8O2.C5H6O3/c1-6-7-4-2-3-5-8(7)9(10)11-6;1-3-4(2)8-5(6)7-3/h2-6H,1H3;1-2H3. The van der Waals surface area contributed by atoms with Crippen molar-refractivity contribution >= 4 is 5.97 Å². The predicted octanol–water partition coefficient (Wildman–Crippen LogP) is 2.77. The zero-order valence-corrected chi connectivity index (χ0v) is 10.9. The van der Waals surface area contributed by atoms with Gasteiger partial charge in [-0.1, -0.05) is 18.2 Å². The highest BCUT2D eigenvalue weighted by Crippen LogP contribution is 2.29. The first-order chi connectivity index (χ1) is 8.99. The van der Waals surface area contributed by atoms with Crippen LogP contribution in [0.1, 0.15) is 40.5 Å². The lowest BCUT2D eigenvalue weighted by atomic mass is 10.1. The molecular weight excluding hydrogens is 248 g/mol. The van der Waals surface area contributed by atoms with Gasteiger partial charge < -0.3 is 13.6 Å². The van der Waals surface area contributed by atoms with Gasteiger partial charge in [0, 0.05) is 5.56 Å². The number of aryl methyl sites for hydroxylation is 2. The van der Waals surface area contributed by atoms with Gasteiger partial charge in [-0.2, -0.15) is 0 Å². The average molecular weight is 262 g/mol. The van der Waals surface area contributed by atoms with E-state index in [4.69, 9.17) is 4.74 Å². The molecule has 1 atom stereocenters. The second-order valence-electron chi connectivity index (χ2n) is 4.20. The average Bonchev–Trinajstić information content (AvgIpc) is 2.82. The fraction of sp³-hybridized carbons (Fsp3) is 0.286. The molecule has 5 heteroatoms. The summed E-state index contributed by atoms with van der Waals surface area (Å²) in [5.41, 5.74) is 1.71. The van der Waals surface area contributed by atoms with Gasteiger partial charge in [-0.05, 0) is 26.8 Å². The minimum absolute atomic E-state index is 0.0706. The third-order valence-electron chi connectivity index (χ3n) is 2.87. The van der Waals surface area contributed by atoms with Gasteiger partial charge in [0.15, 0.2) is 0 Å². The van der Waals surface area contributed by atoms with E-state index in [2.05, 4.69) is 8.83 Å². The zero-order valence-electron chi connectivity index (χ0n) is 10.9. The number of esters is 1. The Labute approximate surface area is 109 Å². The summed E-state index contributed by atoms with van der Waals surface area (Å²) in [6, 6.07) is 7.47. The molecule has 0 aliphatic carbocycles. The summed E-state index contributed by atoms with van der Waals surface area (Å²) < 4.78 is 14.0. The molecule has 1 aromatic heterocycles. The Kier molecular flexibility index (Phi) is 3.55. The summed E-state index contributed by atoms with van der Waals surface area (Å²) in [7, 11) is 0. The van der Waals surface area contributed by atoms with E-state index in [0.717, 1.165) is 5.56 Å². The lowest BCUT2D eigenvalue weighted by molar-refractivity contribution is 0.0422. The Balaban J connectivity index is 0.000000148. The van der Waals surface area contributed by atoms with Crippen LogP contribution >= 0.6 is 0 Å². The molecule has 1 aliphatic heterocycles. The van der Waals surface area contributed by atoms with E-state index in [1.807, 2.05) is 25.1 Å². The zero-order chi connectivity index (χ0) is 14.0. The van der Waals surface area contributed by atoms with Gasteiger partial charge in [0.25, 0.3) is 0 Å². The smallest absolute Gasteiger partial charge is 0.454 e. The Morgan fingerprint density at radius 3 is 2.05 bits per heavy atom. The van der Waals surface area contributed by atoms with Crippen LogP contribution in [0.25, 0.3) is 0 Å². The number of benzene rings is 1. The monoisotopic (exact) mass is 262 g/mol. The SMILES string of the molecule is CC1OC(=O)c2ccccc21.Cc1oc(=O)oc1C. The summed E-state index contributed by atoms with van der Waals surface area (Å²) in [4.78, 5) is 21.2. The lowest BCUT2D eigenvalue weighted by Gasteiger charge is -1.99. The molecule has 2 heterocycles. The minimum Gasteiger partial charge on any atom is -0.454 e. The molecule has 100 valence electrons. The number of hydrogen-bond donors (Lipinski definition) is 0. The van der Waals surface area contributed by atoms with Crippen molar-refractivity contribution in [3.8, 4) is 0 Å². The van der Waals surface area contributed by atoms with Crippen molar-refractivity contribution in [1.29, 1.82) is 0 Å². The first kappa shape index (κ1) is 13.1. The molecule has 0 spiro atoms. The summed E-state index contributed by atoms with van der Waals surface area (Å²) in [6.07, 6.45) is -0.0706. The van der Waals surface area contributed by atoms with Crippen LogP contribution in [0.15, 0.2) is 37.9 Å². The molecule has 19 heavy (non-hydrogen) atoms. The molecule has 0 N–H and O–H groups in total. The van der Waals surface area contributed by atoms with Crippen LogP contribution < -0.4 is 5.82 Å². The Morgan fingerprint density at radius 2 is 1.58 bits per heavy atom. The van der Waals surface area contributed by atoms with Crippen molar-refractivity contribution in [3.05, 3.63) is 57.5 Å². The van der Waals surface area contributed by atoms with Crippen molar-refractivity contribution in [2.45, 2.75) is 26.9 Å². The maximum Gasteiger partial charge on any atom is 0.518 e. The molecule has 3 rings (SSSR count). The van der Waals surface area contributed by atoms with Gasteiger partial charge in [0.05, 0.1) is 5.56 Å². The molecular formula is C14H14O5. The van der Waals surface area contributed by atoms with Crippen molar-refractivity contribution in [3.63, 3.8) is 0 Å². The maximum atomic E-state index is 11.1. The highest BCUT2D eigenvalue weighted by Gasteiger charge is 2.26. The summed E-state index contributed by atoms with van der Waals surface area (Å²) in [5.74, 6) is 0.276. The van der Waals surface area contributed by atoms with Gasteiger partial charge in [0.1, 0.15) is 17.6 Å². The van der Waals surface area contributed by atoms with Crippen LogP contribution in [-0.2, 0) is 4.74 Å². The molecule has 5 nitrogen and oxygen atoms in total. The Bertz CT molecular complexity index is 627. The number of carbonyl (C=O) groups is 1. The highest BCUT2D eigenvalue weighted by molar-refractivity contribution is 5.93. The number of hydrogen-bond acceptors (Lipinski definition) is 5. The van der Waals surface area contributed by atoms with E-state index < -0.39 is 5.82 Å². The Hall–Kier alpha value is -2.30. The Morgan fingerprint density at radius 1 is 1.00 bits per heavy atom. The predicted molar refractivity (Wildman–Crippen MR) is 67.0 cm³/mol. The molecule has 0 saturated heterocycles. The molecule has 1 aromatic carbocycles. The van der Waals surface area contributed by atoms with Crippen LogP contribution in [0, 0.1) is 13.8 Å². The van der Waals surface area contributed by atoms with E-state index in [9.17, 15) is 9.59 Å². The minimum atomic E-state index is -0.625. The van der Waals surface area contributed by atoms with E-state index >= 15 is 0 Å². The fourth-order valence-electron chi connectivity index (χ4n) is 1.74. The number of cyclic esters (lactones) is 1. The van der Waals surface area contributed by atoms with E-state index in [1.54, 1.807) is 19.9 Å². The topological polar surface area (TPSA) is 69.7 Å². The van der Waals surface area contributed by atoms with E-state index in [1.165, 1.54) is 0 Å². The third kappa shape index (κ3) is 2.76. The first-order valence-electron chi connectivity index (χ1n) is 5.86. The van der Waals surface area contributed by atoms with Crippen molar-refractivity contribution in [1.82, 2.24) is 0 Å².